The Morgan fingerprint density at radius 2 is 1.94 bits per heavy atom. The van der Waals surface area contributed by atoms with Crippen molar-refractivity contribution in [2.24, 2.45) is 5.92 Å². The number of hydrogen-bond acceptors (Lipinski definition) is 5. The molecule has 2 aliphatic rings. The fraction of sp³-hybridized carbons (Fsp3) is 0.429. The molecule has 32 heavy (non-hydrogen) atoms. The van der Waals surface area contributed by atoms with E-state index in [1.165, 1.54) is 12.3 Å². The Hall–Kier alpha value is -2.88. The first kappa shape index (κ1) is 22.3. The number of carbonyl (C=O) groups excluding carboxylic acids is 2. The van der Waals surface area contributed by atoms with Crippen LogP contribution in [-0.2, 0) is 11.0 Å². The van der Waals surface area contributed by atoms with Crippen molar-refractivity contribution in [1.82, 2.24) is 15.3 Å². The number of nitrogens with zero attached hydrogens (tertiary/aromatic N) is 3. The molecule has 1 aliphatic heterocycles. The second kappa shape index (κ2) is 8.93. The van der Waals surface area contributed by atoms with Gasteiger partial charge in [0.05, 0.1) is 10.6 Å². The summed E-state index contributed by atoms with van der Waals surface area (Å²) in [5.41, 5.74) is -0.552. The monoisotopic (exact) mass is 467 g/mol. The Labute approximate surface area is 187 Å². The lowest BCUT2D eigenvalue weighted by molar-refractivity contribution is -0.137. The van der Waals surface area contributed by atoms with E-state index in [1.54, 1.807) is 11.0 Å². The number of amides is 2. The van der Waals surface area contributed by atoms with Crippen LogP contribution >= 0.6 is 11.6 Å². The lowest BCUT2D eigenvalue weighted by Crippen LogP contribution is -2.48. The number of piperidine rings is 1. The Morgan fingerprint density at radius 1 is 1.16 bits per heavy atom. The number of halogens is 4. The van der Waals surface area contributed by atoms with Crippen LogP contribution in [0, 0.1) is 5.92 Å². The highest BCUT2D eigenvalue weighted by Gasteiger charge is 2.33. The van der Waals surface area contributed by atoms with Crippen molar-refractivity contribution in [3.63, 3.8) is 0 Å². The number of rotatable bonds is 5. The van der Waals surface area contributed by atoms with Crippen molar-refractivity contribution < 1.29 is 22.8 Å². The van der Waals surface area contributed by atoms with Crippen molar-refractivity contribution in [1.29, 1.82) is 0 Å². The summed E-state index contributed by atoms with van der Waals surface area (Å²) in [5, 5.41) is 5.56. The minimum absolute atomic E-state index is 0.0214. The second-order valence-electron chi connectivity index (χ2n) is 7.98. The summed E-state index contributed by atoms with van der Waals surface area (Å²) >= 11 is 6.07. The maximum atomic E-state index is 12.9. The molecule has 1 saturated carbocycles. The van der Waals surface area contributed by atoms with Crippen molar-refractivity contribution in [2.45, 2.75) is 37.9 Å². The lowest BCUT2D eigenvalue weighted by atomic mass is 10.0. The molecule has 7 nitrogen and oxygen atoms in total. The van der Waals surface area contributed by atoms with E-state index in [0.717, 1.165) is 25.1 Å². The minimum Gasteiger partial charge on any atom is -0.353 e. The Morgan fingerprint density at radius 3 is 2.62 bits per heavy atom. The van der Waals surface area contributed by atoms with Crippen LogP contribution in [0.4, 0.5) is 24.8 Å². The standard InChI is InChI=1S/C21H21ClF3N5O2/c22-16-9-14(21(23,24)25)10-27-18(16)30-7-1-2-15(11-30)28-20(32)13-5-6-26-17(8-13)29-19(31)12-3-4-12/h5-6,8-10,12,15H,1-4,7,11H2,(H,28,32)(H,26,29,31)/t15-/m1/s1. The first-order valence-electron chi connectivity index (χ1n) is 10.3. The predicted molar refractivity (Wildman–Crippen MR) is 113 cm³/mol. The van der Waals surface area contributed by atoms with Gasteiger partial charge in [0.1, 0.15) is 11.6 Å². The third-order valence-electron chi connectivity index (χ3n) is 5.43. The summed E-state index contributed by atoms with van der Waals surface area (Å²) in [6.07, 6.45) is 0.841. The molecule has 0 unspecified atom stereocenters. The van der Waals surface area contributed by atoms with Crippen LogP contribution in [0.3, 0.4) is 0 Å². The van der Waals surface area contributed by atoms with Crippen molar-refractivity contribution in [3.05, 3.63) is 46.7 Å². The molecule has 2 N–H and O–H groups in total. The van der Waals surface area contributed by atoms with Gasteiger partial charge in [-0.3, -0.25) is 9.59 Å². The smallest absolute Gasteiger partial charge is 0.353 e. The van der Waals surface area contributed by atoms with E-state index in [-0.39, 0.29) is 34.6 Å². The fourth-order valence-electron chi connectivity index (χ4n) is 3.59. The van der Waals surface area contributed by atoms with Gasteiger partial charge in [-0.2, -0.15) is 13.2 Å². The zero-order valence-electron chi connectivity index (χ0n) is 17.0. The van der Waals surface area contributed by atoms with Crippen LogP contribution in [0.15, 0.2) is 30.6 Å². The number of pyridine rings is 2. The van der Waals surface area contributed by atoms with Crippen molar-refractivity contribution in [3.8, 4) is 0 Å². The second-order valence-corrected chi connectivity index (χ2v) is 8.39. The first-order chi connectivity index (χ1) is 15.2. The summed E-state index contributed by atoms with van der Waals surface area (Å²) in [7, 11) is 0. The molecule has 3 heterocycles. The Kier molecular flexibility index (Phi) is 6.23. The van der Waals surface area contributed by atoms with Crippen molar-refractivity contribution in [2.75, 3.05) is 23.3 Å². The van der Waals surface area contributed by atoms with Crippen LogP contribution in [0.25, 0.3) is 0 Å². The molecular weight excluding hydrogens is 447 g/mol. The number of carbonyl (C=O) groups is 2. The molecule has 2 aromatic rings. The van der Waals surface area contributed by atoms with Gasteiger partial charge in [0.25, 0.3) is 5.91 Å². The van der Waals surface area contributed by atoms with Gasteiger partial charge < -0.3 is 15.5 Å². The molecule has 2 fully saturated rings. The van der Waals surface area contributed by atoms with Gasteiger partial charge in [0.15, 0.2) is 0 Å². The molecular formula is C21H21ClF3N5O2. The quantitative estimate of drug-likeness (QED) is 0.696. The van der Waals surface area contributed by atoms with E-state index in [0.29, 0.717) is 37.3 Å². The van der Waals surface area contributed by atoms with Crippen LogP contribution in [-0.4, -0.2) is 40.9 Å². The fourth-order valence-corrected chi connectivity index (χ4v) is 3.87. The van der Waals surface area contributed by atoms with Crippen molar-refractivity contribution >= 4 is 35.1 Å². The molecule has 1 saturated heterocycles. The molecule has 170 valence electrons. The number of alkyl halides is 3. The average Bonchev–Trinajstić information content (AvgIpc) is 3.59. The van der Waals surface area contributed by atoms with Gasteiger partial charge in [0, 0.05) is 43.0 Å². The first-order valence-corrected chi connectivity index (χ1v) is 10.6. The summed E-state index contributed by atoms with van der Waals surface area (Å²) < 4.78 is 38.6. The predicted octanol–water partition coefficient (Wildman–Crippen LogP) is 3.90. The summed E-state index contributed by atoms with van der Waals surface area (Å²) in [6, 6.07) is 3.69. The Bertz CT molecular complexity index is 1030. The summed E-state index contributed by atoms with van der Waals surface area (Å²) in [4.78, 5) is 34.4. The largest absolute Gasteiger partial charge is 0.417 e. The molecule has 2 aromatic heterocycles. The SMILES string of the molecule is O=C(N[C@@H]1CCCN(c2ncc(C(F)(F)F)cc2Cl)C1)c1ccnc(NC(=O)C2CC2)c1. The Balaban J connectivity index is 1.40. The van der Waals surface area contributed by atoms with Gasteiger partial charge in [-0.1, -0.05) is 11.6 Å². The number of hydrogen-bond donors (Lipinski definition) is 2. The molecule has 2 amide bonds. The molecule has 0 spiro atoms. The highest BCUT2D eigenvalue weighted by molar-refractivity contribution is 6.33. The van der Waals surface area contributed by atoms with Crippen LogP contribution < -0.4 is 15.5 Å². The maximum absolute atomic E-state index is 12.9. The number of nitrogens with one attached hydrogen (secondary N) is 2. The molecule has 0 aromatic carbocycles. The zero-order chi connectivity index (χ0) is 22.9. The number of anilines is 2. The van der Waals surface area contributed by atoms with Gasteiger partial charge in [-0.25, -0.2) is 9.97 Å². The van der Waals surface area contributed by atoms with Crippen LogP contribution in [0.2, 0.25) is 5.02 Å². The lowest BCUT2D eigenvalue weighted by Gasteiger charge is -2.34. The van der Waals surface area contributed by atoms with Crippen LogP contribution in [0.5, 0.6) is 0 Å². The summed E-state index contributed by atoms with van der Waals surface area (Å²) in [6.45, 7) is 0.928. The molecule has 0 bridgehead atoms. The van der Waals surface area contributed by atoms with Gasteiger partial charge >= 0.3 is 6.18 Å². The van der Waals surface area contributed by atoms with Gasteiger partial charge in [0.2, 0.25) is 5.91 Å². The van der Waals surface area contributed by atoms with Gasteiger partial charge in [-0.15, -0.1) is 0 Å². The average molecular weight is 468 g/mol. The van der Waals surface area contributed by atoms with Gasteiger partial charge in [-0.05, 0) is 43.9 Å². The number of aromatic nitrogens is 2. The van der Waals surface area contributed by atoms with E-state index in [2.05, 4.69) is 20.6 Å². The minimum atomic E-state index is -4.52. The molecule has 1 atom stereocenters. The zero-order valence-corrected chi connectivity index (χ0v) is 17.7. The van der Waals surface area contributed by atoms with E-state index >= 15 is 0 Å². The van der Waals surface area contributed by atoms with Crippen LogP contribution in [0.1, 0.15) is 41.6 Å². The van der Waals surface area contributed by atoms with E-state index < -0.39 is 11.7 Å². The highest BCUT2D eigenvalue weighted by Crippen LogP contribution is 2.34. The molecule has 11 heteroatoms. The topological polar surface area (TPSA) is 87.2 Å². The molecule has 4 rings (SSSR count). The highest BCUT2D eigenvalue weighted by atomic mass is 35.5. The van der Waals surface area contributed by atoms with E-state index in [4.69, 9.17) is 11.6 Å². The third-order valence-corrected chi connectivity index (χ3v) is 5.70. The maximum Gasteiger partial charge on any atom is 0.417 e. The van der Waals surface area contributed by atoms with E-state index in [1.807, 2.05) is 0 Å². The van der Waals surface area contributed by atoms with E-state index in [9.17, 15) is 22.8 Å². The summed E-state index contributed by atoms with van der Waals surface area (Å²) in [5.74, 6) is 0.174. The normalized spacial score (nSPS) is 18.9. The third kappa shape index (κ3) is 5.29. The molecule has 0 radical (unpaired) electrons. The molecule has 1 aliphatic carbocycles.